The predicted octanol–water partition coefficient (Wildman–Crippen LogP) is 3.54. The van der Waals surface area contributed by atoms with Crippen LogP contribution in [0.25, 0.3) is 0 Å². The van der Waals surface area contributed by atoms with Gasteiger partial charge in [-0.1, -0.05) is 41.4 Å². The summed E-state index contributed by atoms with van der Waals surface area (Å²) in [5.74, 6) is 0.652. The number of pyridine rings is 1. The maximum Gasteiger partial charge on any atom is 0.151 e. The normalized spacial score (nSPS) is 18.1. The average molecular weight is 330 g/mol. The van der Waals surface area contributed by atoms with Crippen molar-refractivity contribution in [2.24, 2.45) is 0 Å². The Morgan fingerprint density at radius 1 is 1.39 bits per heavy atom. The average Bonchev–Trinajstić information content (AvgIpc) is 2.99. The lowest BCUT2D eigenvalue weighted by Crippen LogP contribution is -2.26. The lowest BCUT2D eigenvalue weighted by atomic mass is 10.1. The number of carbonyl (C=O) groups is 1. The van der Waals surface area contributed by atoms with Gasteiger partial charge in [-0.3, -0.25) is 9.69 Å². The highest BCUT2D eigenvalue weighted by atomic mass is 35.5. The highest BCUT2D eigenvalue weighted by Gasteiger charge is 2.23. The number of nitrogens with zero attached hydrogens (tertiary/aromatic N) is 2. The SMILES string of the molecule is Cc1ccc(CN2CC[C@@H](Nc3ncc(C=O)cc3Cl)C2)cc1. The van der Waals surface area contributed by atoms with Gasteiger partial charge in [0.1, 0.15) is 5.82 Å². The highest BCUT2D eigenvalue weighted by molar-refractivity contribution is 6.33. The molecule has 120 valence electrons. The number of hydrogen-bond acceptors (Lipinski definition) is 4. The van der Waals surface area contributed by atoms with Gasteiger partial charge in [-0.25, -0.2) is 4.98 Å². The van der Waals surface area contributed by atoms with Gasteiger partial charge in [-0.2, -0.15) is 0 Å². The fourth-order valence-corrected chi connectivity index (χ4v) is 3.09. The topological polar surface area (TPSA) is 45.2 Å². The number of anilines is 1. The van der Waals surface area contributed by atoms with E-state index >= 15 is 0 Å². The molecule has 23 heavy (non-hydrogen) atoms. The Balaban J connectivity index is 1.57. The van der Waals surface area contributed by atoms with Crippen molar-refractivity contribution >= 4 is 23.7 Å². The molecule has 0 unspecified atom stereocenters. The molecule has 1 N–H and O–H groups in total. The van der Waals surface area contributed by atoms with Crippen molar-refractivity contribution in [1.29, 1.82) is 0 Å². The van der Waals surface area contributed by atoms with Crippen molar-refractivity contribution in [3.8, 4) is 0 Å². The van der Waals surface area contributed by atoms with E-state index in [0.29, 0.717) is 22.4 Å². The number of halogens is 1. The first-order valence-corrected chi connectivity index (χ1v) is 8.17. The molecule has 3 rings (SSSR count). The lowest BCUT2D eigenvalue weighted by molar-refractivity contribution is 0.112. The summed E-state index contributed by atoms with van der Waals surface area (Å²) < 4.78 is 0. The molecule has 1 aliphatic heterocycles. The van der Waals surface area contributed by atoms with Gasteiger partial charge in [0.2, 0.25) is 0 Å². The van der Waals surface area contributed by atoms with Gasteiger partial charge in [-0.15, -0.1) is 0 Å². The summed E-state index contributed by atoms with van der Waals surface area (Å²) in [5, 5.41) is 3.88. The minimum absolute atomic E-state index is 0.326. The number of benzene rings is 1. The molecular weight excluding hydrogens is 310 g/mol. The summed E-state index contributed by atoms with van der Waals surface area (Å²) in [4.78, 5) is 17.4. The van der Waals surface area contributed by atoms with Crippen molar-refractivity contribution in [1.82, 2.24) is 9.88 Å². The first-order chi connectivity index (χ1) is 11.1. The van der Waals surface area contributed by atoms with Crippen LogP contribution < -0.4 is 5.32 Å². The van der Waals surface area contributed by atoms with Crippen LogP contribution in [0.4, 0.5) is 5.82 Å². The molecule has 0 aliphatic carbocycles. The first-order valence-electron chi connectivity index (χ1n) is 7.79. The van der Waals surface area contributed by atoms with Crippen LogP contribution in [-0.2, 0) is 6.54 Å². The summed E-state index contributed by atoms with van der Waals surface area (Å²) in [6.07, 6.45) is 3.35. The quantitative estimate of drug-likeness (QED) is 0.852. The zero-order valence-corrected chi connectivity index (χ0v) is 13.9. The van der Waals surface area contributed by atoms with Gasteiger partial charge in [-0.05, 0) is 25.0 Å². The third-order valence-electron chi connectivity index (χ3n) is 4.14. The molecular formula is C18H20ClN3O. The Kier molecular flexibility index (Phi) is 4.94. The van der Waals surface area contributed by atoms with Gasteiger partial charge < -0.3 is 5.32 Å². The lowest BCUT2D eigenvalue weighted by Gasteiger charge is -2.17. The van der Waals surface area contributed by atoms with Gasteiger partial charge in [0.05, 0.1) is 5.02 Å². The predicted molar refractivity (Wildman–Crippen MR) is 93.1 cm³/mol. The molecule has 1 saturated heterocycles. The van der Waals surface area contributed by atoms with Gasteiger partial charge in [0.25, 0.3) is 0 Å². The fourth-order valence-electron chi connectivity index (χ4n) is 2.86. The van der Waals surface area contributed by atoms with E-state index in [1.807, 2.05) is 0 Å². The van der Waals surface area contributed by atoms with Crippen LogP contribution in [0, 0.1) is 6.92 Å². The number of aryl methyl sites for hydroxylation is 1. The van der Waals surface area contributed by atoms with E-state index in [-0.39, 0.29) is 0 Å². The van der Waals surface area contributed by atoms with Crippen LogP contribution in [-0.4, -0.2) is 35.3 Å². The Morgan fingerprint density at radius 2 is 2.17 bits per heavy atom. The van der Waals surface area contributed by atoms with Crippen LogP contribution >= 0.6 is 11.6 Å². The number of aromatic nitrogens is 1. The Bertz CT molecular complexity index is 687. The molecule has 2 aromatic rings. The summed E-state index contributed by atoms with van der Waals surface area (Å²) in [6, 6.07) is 10.6. The second kappa shape index (κ2) is 7.11. The molecule has 1 aromatic carbocycles. The van der Waals surface area contributed by atoms with Crippen LogP contribution in [0.3, 0.4) is 0 Å². The fraction of sp³-hybridized carbons (Fsp3) is 0.333. The minimum atomic E-state index is 0.326. The largest absolute Gasteiger partial charge is 0.365 e. The van der Waals surface area contributed by atoms with Crippen LogP contribution in [0.1, 0.15) is 27.9 Å². The Morgan fingerprint density at radius 3 is 2.87 bits per heavy atom. The summed E-state index contributed by atoms with van der Waals surface area (Å²) in [5.41, 5.74) is 3.12. The molecule has 2 heterocycles. The highest BCUT2D eigenvalue weighted by Crippen LogP contribution is 2.23. The third kappa shape index (κ3) is 4.09. The summed E-state index contributed by atoms with van der Waals surface area (Å²) in [6.45, 7) is 5.08. The molecule has 1 aromatic heterocycles. The number of likely N-dealkylation sites (tertiary alicyclic amines) is 1. The molecule has 5 heteroatoms. The van der Waals surface area contributed by atoms with E-state index in [2.05, 4.69) is 46.4 Å². The van der Waals surface area contributed by atoms with Gasteiger partial charge in [0.15, 0.2) is 6.29 Å². The first kappa shape index (κ1) is 16.0. The van der Waals surface area contributed by atoms with Crippen molar-refractivity contribution < 1.29 is 4.79 Å². The zero-order chi connectivity index (χ0) is 16.2. The van der Waals surface area contributed by atoms with Crippen molar-refractivity contribution in [2.75, 3.05) is 18.4 Å². The van der Waals surface area contributed by atoms with Crippen LogP contribution in [0.5, 0.6) is 0 Å². The minimum Gasteiger partial charge on any atom is -0.365 e. The summed E-state index contributed by atoms with van der Waals surface area (Å²) >= 11 is 6.17. The smallest absolute Gasteiger partial charge is 0.151 e. The van der Waals surface area contributed by atoms with E-state index in [9.17, 15) is 4.79 Å². The molecule has 0 radical (unpaired) electrons. The number of aldehydes is 1. The molecule has 0 bridgehead atoms. The van der Waals surface area contributed by atoms with Crippen LogP contribution in [0.15, 0.2) is 36.5 Å². The summed E-state index contributed by atoms with van der Waals surface area (Å²) in [7, 11) is 0. The number of rotatable bonds is 5. The number of nitrogens with one attached hydrogen (secondary N) is 1. The van der Waals surface area contributed by atoms with E-state index in [0.717, 1.165) is 32.3 Å². The van der Waals surface area contributed by atoms with E-state index in [1.165, 1.54) is 11.1 Å². The van der Waals surface area contributed by atoms with Crippen molar-refractivity contribution in [2.45, 2.75) is 25.9 Å². The van der Waals surface area contributed by atoms with Crippen molar-refractivity contribution in [3.63, 3.8) is 0 Å². The van der Waals surface area contributed by atoms with Gasteiger partial charge >= 0.3 is 0 Å². The number of hydrogen-bond donors (Lipinski definition) is 1. The maximum atomic E-state index is 10.7. The number of carbonyl (C=O) groups excluding carboxylic acids is 1. The monoisotopic (exact) mass is 329 g/mol. The molecule has 1 fully saturated rings. The second-order valence-electron chi connectivity index (χ2n) is 6.07. The molecule has 4 nitrogen and oxygen atoms in total. The standard InChI is InChI=1S/C18H20ClN3O/c1-13-2-4-14(5-3-13)10-22-7-6-16(11-22)21-18-17(19)8-15(12-23)9-20-18/h2-5,8-9,12,16H,6-7,10-11H2,1H3,(H,20,21)/t16-/m1/s1. The zero-order valence-electron chi connectivity index (χ0n) is 13.1. The molecule has 1 atom stereocenters. The van der Waals surface area contributed by atoms with Crippen LogP contribution in [0.2, 0.25) is 5.02 Å². The maximum absolute atomic E-state index is 10.7. The van der Waals surface area contributed by atoms with Crippen molar-refractivity contribution in [3.05, 3.63) is 58.2 Å². The van der Waals surface area contributed by atoms with E-state index in [1.54, 1.807) is 12.3 Å². The molecule has 1 aliphatic rings. The van der Waals surface area contributed by atoms with E-state index in [4.69, 9.17) is 11.6 Å². The second-order valence-corrected chi connectivity index (χ2v) is 6.47. The Labute approximate surface area is 141 Å². The van der Waals surface area contributed by atoms with Gasteiger partial charge in [0, 0.05) is 37.4 Å². The molecule has 0 saturated carbocycles. The Hall–Kier alpha value is -1.91. The molecule has 0 spiro atoms. The van der Waals surface area contributed by atoms with E-state index < -0.39 is 0 Å². The molecule has 0 amide bonds. The third-order valence-corrected chi connectivity index (χ3v) is 4.43.